The van der Waals surface area contributed by atoms with Crippen LogP contribution in [-0.2, 0) is 11.3 Å². The molecule has 0 aliphatic rings. The van der Waals surface area contributed by atoms with Crippen molar-refractivity contribution in [3.8, 4) is 17.0 Å². The number of amides is 2. The molecule has 3 aromatic carbocycles. The van der Waals surface area contributed by atoms with E-state index < -0.39 is 23.8 Å². The van der Waals surface area contributed by atoms with E-state index in [9.17, 15) is 19.5 Å². The normalized spacial score (nSPS) is 11.4. The quantitative estimate of drug-likeness (QED) is 0.0764. The van der Waals surface area contributed by atoms with Crippen LogP contribution in [0.2, 0.25) is 0 Å². The number of benzene rings is 3. The molecule has 1 aromatic heterocycles. The van der Waals surface area contributed by atoms with E-state index in [1.807, 2.05) is 44.2 Å². The molecule has 11 nitrogen and oxygen atoms in total. The van der Waals surface area contributed by atoms with Gasteiger partial charge < -0.3 is 30.9 Å². The first-order valence-electron chi connectivity index (χ1n) is 15.1. The smallest absolute Gasteiger partial charge is 0.339 e. The van der Waals surface area contributed by atoms with Crippen LogP contribution >= 0.6 is 0 Å². The molecule has 6 N–H and O–H groups in total. The number of nitrogens with one attached hydrogen (secondary N) is 3. The molecular weight excluding hydrogens is 598 g/mol. The summed E-state index contributed by atoms with van der Waals surface area (Å²) in [6, 6.07) is 21.4. The molecule has 0 fully saturated rings. The van der Waals surface area contributed by atoms with E-state index in [-0.39, 0.29) is 47.7 Å². The second-order valence-electron chi connectivity index (χ2n) is 11.5. The van der Waals surface area contributed by atoms with Crippen LogP contribution in [0.1, 0.15) is 68.2 Å². The third kappa shape index (κ3) is 8.80. The van der Waals surface area contributed by atoms with Gasteiger partial charge in [0.05, 0.1) is 25.3 Å². The van der Waals surface area contributed by atoms with Crippen molar-refractivity contribution >= 4 is 29.3 Å². The molecule has 2 amide bonds. The summed E-state index contributed by atoms with van der Waals surface area (Å²) in [5, 5.41) is 23.1. The number of rotatable bonds is 13. The predicted octanol–water partition coefficient (Wildman–Crippen LogP) is 5.10. The Labute approximate surface area is 273 Å². The summed E-state index contributed by atoms with van der Waals surface area (Å²) >= 11 is 0. The highest BCUT2D eigenvalue weighted by Crippen LogP contribution is 2.32. The Morgan fingerprint density at radius 2 is 1.64 bits per heavy atom. The van der Waals surface area contributed by atoms with Crippen molar-refractivity contribution in [3.05, 3.63) is 112 Å². The maximum absolute atomic E-state index is 13.7. The van der Waals surface area contributed by atoms with Crippen molar-refractivity contribution in [1.82, 2.24) is 10.3 Å². The van der Waals surface area contributed by atoms with Crippen molar-refractivity contribution in [3.63, 3.8) is 0 Å². The van der Waals surface area contributed by atoms with Gasteiger partial charge in [0, 0.05) is 28.4 Å². The summed E-state index contributed by atoms with van der Waals surface area (Å²) in [6.45, 7) is 5.46. The Bertz CT molecular complexity index is 1760. The highest BCUT2D eigenvalue weighted by atomic mass is 16.5. The summed E-state index contributed by atoms with van der Waals surface area (Å²) in [4.78, 5) is 45.3. The van der Waals surface area contributed by atoms with Gasteiger partial charge in [-0.2, -0.15) is 0 Å². The van der Waals surface area contributed by atoms with E-state index in [4.69, 9.17) is 20.6 Å². The van der Waals surface area contributed by atoms with Crippen LogP contribution in [0.3, 0.4) is 0 Å². The van der Waals surface area contributed by atoms with Crippen molar-refractivity contribution in [1.29, 1.82) is 5.41 Å². The maximum atomic E-state index is 13.7. The molecule has 0 aliphatic heterocycles. The number of aryl methyl sites for hydroxylation is 1. The van der Waals surface area contributed by atoms with E-state index >= 15 is 0 Å². The number of amidine groups is 1. The zero-order chi connectivity index (χ0) is 34.1. The molecule has 47 heavy (non-hydrogen) atoms. The molecule has 0 bridgehead atoms. The second kappa shape index (κ2) is 15.6. The number of pyridine rings is 1. The van der Waals surface area contributed by atoms with Crippen LogP contribution in [0.5, 0.6) is 5.88 Å². The average Bonchev–Trinajstić information content (AvgIpc) is 3.06. The number of ether oxygens (including phenoxy) is 2. The van der Waals surface area contributed by atoms with E-state index in [1.165, 1.54) is 13.2 Å². The Balaban J connectivity index is 1.79. The fourth-order valence-corrected chi connectivity index (χ4v) is 5.03. The largest absolute Gasteiger partial charge is 0.481 e. The fraction of sp³-hybridized carbons (Fsp3) is 0.250. The molecule has 0 aliphatic carbocycles. The molecule has 4 rings (SSSR count). The van der Waals surface area contributed by atoms with Gasteiger partial charge in [0.15, 0.2) is 0 Å². The van der Waals surface area contributed by atoms with Crippen LogP contribution in [0.4, 0.5) is 5.69 Å². The molecule has 0 spiro atoms. The van der Waals surface area contributed by atoms with Gasteiger partial charge in [-0.25, -0.2) is 9.78 Å². The molecule has 11 heteroatoms. The minimum atomic E-state index is -0.708. The van der Waals surface area contributed by atoms with Crippen molar-refractivity contribution in [2.45, 2.75) is 39.8 Å². The van der Waals surface area contributed by atoms with Crippen molar-refractivity contribution in [2.24, 2.45) is 11.7 Å². The highest BCUT2D eigenvalue weighted by molar-refractivity contribution is 6.10. The van der Waals surface area contributed by atoms with Gasteiger partial charge in [-0.05, 0) is 78.4 Å². The standard InChI is InChI=1S/C36H39N5O6/c1-21(2)16-26(19-42)40-34(43)28-18-30(36(45)47-20-23-8-6-5-7-9-23)29(17-22(28)3)27-14-15-31(46-4)41-32(27)35(44)39-25-12-10-24(11-13-25)33(37)38/h5-15,17-18,21,26,42H,16,19-20H2,1-4H3,(H3,37,38)(H,39,44)(H,40,43). The number of hydrogen-bond acceptors (Lipinski definition) is 8. The number of nitrogens with two attached hydrogens (primary N) is 1. The molecule has 0 radical (unpaired) electrons. The maximum Gasteiger partial charge on any atom is 0.339 e. The molecule has 4 aromatic rings. The zero-order valence-corrected chi connectivity index (χ0v) is 26.8. The number of hydrogen-bond donors (Lipinski definition) is 5. The number of nitrogens with zero attached hydrogens (tertiary/aromatic N) is 1. The third-order valence-corrected chi connectivity index (χ3v) is 7.39. The minimum absolute atomic E-state index is 0.0139. The van der Waals surface area contributed by atoms with Gasteiger partial charge >= 0.3 is 5.97 Å². The highest BCUT2D eigenvalue weighted by Gasteiger charge is 2.26. The molecule has 1 heterocycles. The number of anilines is 1. The number of carbonyl (C=O) groups is 3. The average molecular weight is 638 g/mol. The van der Waals surface area contributed by atoms with Gasteiger partial charge in [0.2, 0.25) is 5.88 Å². The van der Waals surface area contributed by atoms with Gasteiger partial charge in [0.25, 0.3) is 11.8 Å². The first-order valence-corrected chi connectivity index (χ1v) is 15.1. The number of aliphatic hydroxyl groups is 1. The lowest BCUT2D eigenvalue weighted by atomic mass is 9.92. The summed E-state index contributed by atoms with van der Waals surface area (Å²) in [5.41, 5.74) is 8.65. The van der Waals surface area contributed by atoms with E-state index in [0.717, 1.165) is 5.56 Å². The summed E-state index contributed by atoms with van der Waals surface area (Å²) in [7, 11) is 1.42. The topological polar surface area (TPSA) is 177 Å². The fourth-order valence-electron chi connectivity index (χ4n) is 5.03. The number of carbonyl (C=O) groups excluding carboxylic acids is 3. The summed E-state index contributed by atoms with van der Waals surface area (Å²) < 4.78 is 11.0. The number of aliphatic hydroxyl groups excluding tert-OH is 1. The molecular formula is C36H39N5O6. The lowest BCUT2D eigenvalue weighted by molar-refractivity contribution is 0.0473. The van der Waals surface area contributed by atoms with Crippen LogP contribution in [-0.4, -0.2) is 53.5 Å². The van der Waals surface area contributed by atoms with Gasteiger partial charge in [-0.3, -0.25) is 15.0 Å². The minimum Gasteiger partial charge on any atom is -0.481 e. The van der Waals surface area contributed by atoms with E-state index in [0.29, 0.717) is 34.4 Å². The SMILES string of the molecule is COc1ccc(-c2cc(C)c(C(=O)NC(CO)CC(C)C)cc2C(=O)OCc2ccccc2)c(C(=O)Nc2ccc(C(=N)N)cc2)n1. The van der Waals surface area contributed by atoms with Crippen LogP contribution in [0.25, 0.3) is 11.1 Å². The second-order valence-corrected chi connectivity index (χ2v) is 11.5. The molecule has 0 saturated carbocycles. The monoisotopic (exact) mass is 637 g/mol. The predicted molar refractivity (Wildman–Crippen MR) is 180 cm³/mol. The first-order chi connectivity index (χ1) is 22.5. The van der Waals surface area contributed by atoms with Crippen LogP contribution < -0.4 is 21.1 Å². The van der Waals surface area contributed by atoms with E-state index in [2.05, 4.69) is 15.6 Å². The van der Waals surface area contributed by atoms with Gasteiger partial charge in [-0.15, -0.1) is 0 Å². The lowest BCUT2D eigenvalue weighted by Gasteiger charge is -2.20. The number of methoxy groups -OCH3 is 1. The molecule has 244 valence electrons. The Morgan fingerprint density at radius 3 is 2.26 bits per heavy atom. The number of nitrogen functional groups attached to an aromatic ring is 1. The first kappa shape index (κ1) is 34.3. The molecule has 1 unspecified atom stereocenters. The van der Waals surface area contributed by atoms with Crippen LogP contribution in [0.15, 0.2) is 78.9 Å². The van der Waals surface area contributed by atoms with Gasteiger partial charge in [-0.1, -0.05) is 44.2 Å². The molecule has 1 atom stereocenters. The Kier molecular flexibility index (Phi) is 11.4. The third-order valence-electron chi connectivity index (χ3n) is 7.39. The van der Waals surface area contributed by atoms with E-state index in [1.54, 1.807) is 49.4 Å². The zero-order valence-electron chi connectivity index (χ0n) is 26.8. The Hall–Kier alpha value is -5.55. The van der Waals surface area contributed by atoms with Crippen molar-refractivity contribution < 1.29 is 29.0 Å². The number of esters is 1. The van der Waals surface area contributed by atoms with Crippen molar-refractivity contribution in [2.75, 3.05) is 19.0 Å². The molecule has 0 saturated heterocycles. The lowest BCUT2D eigenvalue weighted by Crippen LogP contribution is -2.38. The summed E-state index contributed by atoms with van der Waals surface area (Å²) in [6.07, 6.45) is 0.568. The van der Waals surface area contributed by atoms with Crippen LogP contribution in [0, 0.1) is 18.3 Å². The summed E-state index contributed by atoms with van der Waals surface area (Å²) in [5.74, 6) is -1.44. The Morgan fingerprint density at radius 1 is 0.936 bits per heavy atom. The number of aromatic nitrogens is 1. The van der Waals surface area contributed by atoms with Gasteiger partial charge in [0.1, 0.15) is 18.1 Å².